The fourth-order valence-electron chi connectivity index (χ4n) is 1.15. The monoisotopic (exact) mass is 291 g/mol. The number of anilines is 1. The summed E-state index contributed by atoms with van der Waals surface area (Å²) in [4.78, 5) is 10.1. The summed E-state index contributed by atoms with van der Waals surface area (Å²) in [6.45, 7) is 1.18. The minimum Gasteiger partial charge on any atom is -0.378 e. The van der Waals surface area contributed by atoms with Gasteiger partial charge in [0, 0.05) is 13.1 Å². The Balaban J connectivity index is 2.95. The van der Waals surface area contributed by atoms with Gasteiger partial charge in [-0.05, 0) is 29.0 Å². The van der Waals surface area contributed by atoms with Gasteiger partial charge in [0.15, 0.2) is 0 Å². The lowest BCUT2D eigenvalue weighted by Crippen LogP contribution is -2.18. The molecule has 0 unspecified atom stereocenters. The van der Waals surface area contributed by atoms with Crippen molar-refractivity contribution >= 4 is 27.3 Å². The van der Waals surface area contributed by atoms with E-state index < -0.39 is 10.7 Å². The Morgan fingerprint density at radius 3 is 2.75 bits per heavy atom. The number of hydrogen-bond donors (Lipinski definition) is 2. The van der Waals surface area contributed by atoms with Gasteiger partial charge in [0.2, 0.25) is 0 Å². The van der Waals surface area contributed by atoms with Crippen molar-refractivity contribution < 1.29 is 9.31 Å². The van der Waals surface area contributed by atoms with Gasteiger partial charge in [0.25, 0.3) is 5.69 Å². The van der Waals surface area contributed by atoms with Gasteiger partial charge in [-0.2, -0.15) is 0 Å². The summed E-state index contributed by atoms with van der Waals surface area (Å²) in [5, 5.41) is 16.4. The van der Waals surface area contributed by atoms with E-state index in [0.29, 0.717) is 18.8 Å². The summed E-state index contributed by atoms with van der Waals surface area (Å²) in [5.74, 6) is -0.647. The van der Waals surface area contributed by atoms with E-state index in [1.54, 1.807) is 7.05 Å². The van der Waals surface area contributed by atoms with E-state index in [1.807, 2.05) is 0 Å². The number of halogens is 2. The number of benzene rings is 1. The van der Waals surface area contributed by atoms with Crippen LogP contribution in [0.15, 0.2) is 16.6 Å². The second kappa shape index (κ2) is 5.76. The van der Waals surface area contributed by atoms with Crippen LogP contribution in [-0.2, 0) is 0 Å². The highest BCUT2D eigenvalue weighted by Gasteiger charge is 2.16. The van der Waals surface area contributed by atoms with Crippen LogP contribution in [0.1, 0.15) is 0 Å². The van der Waals surface area contributed by atoms with Gasteiger partial charge < -0.3 is 10.6 Å². The van der Waals surface area contributed by atoms with Crippen molar-refractivity contribution in [3.05, 3.63) is 32.5 Å². The zero-order valence-corrected chi connectivity index (χ0v) is 10.2. The molecule has 88 valence electrons. The number of hydrogen-bond acceptors (Lipinski definition) is 4. The molecule has 0 amide bonds. The van der Waals surface area contributed by atoms with Crippen LogP contribution < -0.4 is 10.6 Å². The van der Waals surface area contributed by atoms with Gasteiger partial charge in [0.1, 0.15) is 11.5 Å². The average Bonchev–Trinajstić information content (AvgIpc) is 2.23. The first-order chi connectivity index (χ1) is 7.56. The van der Waals surface area contributed by atoms with Crippen LogP contribution in [0.3, 0.4) is 0 Å². The van der Waals surface area contributed by atoms with Crippen molar-refractivity contribution in [2.75, 3.05) is 25.5 Å². The van der Waals surface area contributed by atoms with E-state index in [4.69, 9.17) is 0 Å². The molecule has 1 rings (SSSR count). The lowest BCUT2D eigenvalue weighted by Gasteiger charge is -2.07. The van der Waals surface area contributed by atoms with Gasteiger partial charge >= 0.3 is 0 Å². The Morgan fingerprint density at radius 2 is 2.19 bits per heavy atom. The van der Waals surface area contributed by atoms with Gasteiger partial charge in [0.05, 0.1) is 15.5 Å². The van der Waals surface area contributed by atoms with Crippen molar-refractivity contribution in [2.45, 2.75) is 0 Å². The summed E-state index contributed by atoms with van der Waals surface area (Å²) in [6, 6.07) is 2.26. The third-order valence-electron chi connectivity index (χ3n) is 1.93. The van der Waals surface area contributed by atoms with E-state index in [2.05, 4.69) is 26.6 Å². The molecule has 0 fully saturated rings. The molecule has 0 aliphatic heterocycles. The molecule has 0 radical (unpaired) electrons. The van der Waals surface area contributed by atoms with Gasteiger partial charge in [-0.1, -0.05) is 0 Å². The zero-order chi connectivity index (χ0) is 12.1. The van der Waals surface area contributed by atoms with Gasteiger partial charge in [-0.3, -0.25) is 10.1 Å². The number of nitrogens with zero attached hydrogens (tertiary/aromatic N) is 1. The van der Waals surface area contributed by atoms with Gasteiger partial charge in [-0.25, -0.2) is 4.39 Å². The van der Waals surface area contributed by atoms with Crippen molar-refractivity contribution in [3.63, 3.8) is 0 Å². The standard InChI is InChI=1S/C9H11BrFN3O2/c1-12-2-3-13-8-4-6(10)7(11)5-9(8)14(15)16/h4-5,12-13H,2-3H2,1H3. The molecular formula is C9H11BrFN3O2. The summed E-state index contributed by atoms with van der Waals surface area (Å²) in [5.41, 5.74) is 0.0327. The third kappa shape index (κ3) is 3.14. The Morgan fingerprint density at radius 1 is 1.50 bits per heavy atom. The number of likely N-dealkylation sites (N-methyl/N-ethyl adjacent to an activating group) is 1. The number of nitro benzene ring substituents is 1. The molecule has 0 saturated heterocycles. The fraction of sp³-hybridized carbons (Fsp3) is 0.333. The molecule has 0 aliphatic carbocycles. The predicted molar refractivity (Wildman–Crippen MR) is 63.2 cm³/mol. The van der Waals surface area contributed by atoms with Crippen molar-refractivity contribution in [3.8, 4) is 0 Å². The molecule has 0 spiro atoms. The molecule has 0 aromatic heterocycles. The van der Waals surface area contributed by atoms with Crippen LogP contribution >= 0.6 is 15.9 Å². The SMILES string of the molecule is CNCCNc1cc(Br)c(F)cc1[N+](=O)[O-]. The van der Waals surface area contributed by atoms with Crippen LogP contribution in [-0.4, -0.2) is 25.1 Å². The highest BCUT2D eigenvalue weighted by molar-refractivity contribution is 9.10. The number of rotatable bonds is 5. The average molecular weight is 292 g/mol. The molecule has 16 heavy (non-hydrogen) atoms. The van der Waals surface area contributed by atoms with Gasteiger partial charge in [-0.15, -0.1) is 0 Å². The Labute approximate surface area is 100 Å². The fourth-order valence-corrected chi connectivity index (χ4v) is 1.49. The van der Waals surface area contributed by atoms with E-state index in [0.717, 1.165) is 6.07 Å². The molecule has 0 atom stereocenters. The lowest BCUT2D eigenvalue weighted by molar-refractivity contribution is -0.384. The minimum atomic E-state index is -0.647. The zero-order valence-electron chi connectivity index (χ0n) is 8.59. The molecule has 0 bridgehead atoms. The molecule has 0 saturated carbocycles. The van der Waals surface area contributed by atoms with Crippen molar-refractivity contribution in [1.29, 1.82) is 0 Å². The summed E-state index contributed by atoms with van der Waals surface area (Å²) in [6.07, 6.45) is 0. The van der Waals surface area contributed by atoms with E-state index in [9.17, 15) is 14.5 Å². The largest absolute Gasteiger partial charge is 0.378 e. The third-order valence-corrected chi connectivity index (χ3v) is 2.53. The molecule has 0 heterocycles. The molecular weight excluding hydrogens is 281 g/mol. The maximum atomic E-state index is 13.1. The van der Waals surface area contributed by atoms with E-state index in [1.165, 1.54) is 6.07 Å². The molecule has 5 nitrogen and oxygen atoms in total. The second-order valence-electron chi connectivity index (χ2n) is 3.07. The van der Waals surface area contributed by atoms with Crippen LogP contribution in [0.25, 0.3) is 0 Å². The highest BCUT2D eigenvalue weighted by atomic mass is 79.9. The first-order valence-corrected chi connectivity index (χ1v) is 5.37. The lowest BCUT2D eigenvalue weighted by atomic mass is 10.2. The van der Waals surface area contributed by atoms with Crippen LogP contribution in [0.2, 0.25) is 0 Å². The number of nitro groups is 1. The molecule has 7 heteroatoms. The Hall–Kier alpha value is -1.21. The Bertz CT molecular complexity index is 401. The summed E-state index contributed by atoms with van der Waals surface area (Å²) < 4.78 is 13.3. The second-order valence-corrected chi connectivity index (χ2v) is 3.93. The summed E-state index contributed by atoms with van der Waals surface area (Å²) in [7, 11) is 1.77. The Kier molecular flexibility index (Phi) is 4.63. The minimum absolute atomic E-state index is 0.199. The topological polar surface area (TPSA) is 67.2 Å². The maximum absolute atomic E-state index is 13.1. The van der Waals surface area contributed by atoms with E-state index in [-0.39, 0.29) is 10.2 Å². The van der Waals surface area contributed by atoms with Crippen molar-refractivity contribution in [1.82, 2.24) is 5.32 Å². The van der Waals surface area contributed by atoms with E-state index >= 15 is 0 Å². The highest BCUT2D eigenvalue weighted by Crippen LogP contribution is 2.30. The molecule has 0 aliphatic rings. The first-order valence-electron chi connectivity index (χ1n) is 4.58. The summed E-state index contributed by atoms with van der Waals surface area (Å²) >= 11 is 2.99. The molecule has 1 aromatic carbocycles. The molecule has 2 N–H and O–H groups in total. The normalized spacial score (nSPS) is 10.2. The quantitative estimate of drug-likeness (QED) is 0.495. The van der Waals surface area contributed by atoms with Crippen LogP contribution in [0.5, 0.6) is 0 Å². The predicted octanol–water partition coefficient (Wildman–Crippen LogP) is 2.13. The van der Waals surface area contributed by atoms with Crippen LogP contribution in [0, 0.1) is 15.9 Å². The maximum Gasteiger partial charge on any atom is 0.295 e. The van der Waals surface area contributed by atoms with Crippen molar-refractivity contribution in [2.24, 2.45) is 0 Å². The first kappa shape index (κ1) is 12.9. The smallest absolute Gasteiger partial charge is 0.295 e. The van der Waals surface area contributed by atoms with Crippen LogP contribution in [0.4, 0.5) is 15.8 Å². The molecule has 1 aromatic rings. The number of nitrogens with one attached hydrogen (secondary N) is 2.